The molecule has 2 N–H and O–H groups in total. The van der Waals surface area contributed by atoms with Crippen LogP contribution < -0.4 is 4.90 Å². The normalized spacial score (nSPS) is 18.4. The van der Waals surface area contributed by atoms with Crippen molar-refractivity contribution in [3.05, 3.63) is 64.2 Å². The first-order chi connectivity index (χ1) is 21.5. The molecular formula is C33H44F6N6O. The van der Waals surface area contributed by atoms with Gasteiger partial charge in [-0.1, -0.05) is 32.4 Å². The Bertz CT molecular complexity index is 1370. The van der Waals surface area contributed by atoms with Crippen molar-refractivity contribution in [2.24, 2.45) is 0 Å². The maximum absolute atomic E-state index is 15.7. The van der Waals surface area contributed by atoms with Gasteiger partial charge in [-0.25, -0.2) is 13.2 Å². The molecule has 1 atom stereocenters. The van der Waals surface area contributed by atoms with Gasteiger partial charge in [-0.3, -0.25) is 20.5 Å². The summed E-state index contributed by atoms with van der Waals surface area (Å²) in [6.45, 7) is 7.16. The van der Waals surface area contributed by atoms with Crippen LogP contribution in [0.4, 0.5) is 32.0 Å². The summed E-state index contributed by atoms with van der Waals surface area (Å²) in [7, 11) is 4.76. The van der Waals surface area contributed by atoms with Gasteiger partial charge in [0.2, 0.25) is 5.92 Å². The number of nitrogens with zero attached hydrogens (tertiary/aromatic N) is 4. The molecule has 1 saturated carbocycles. The topological polar surface area (TPSA) is 77.7 Å². The van der Waals surface area contributed by atoms with Crippen LogP contribution in [0, 0.1) is 10.8 Å². The highest BCUT2D eigenvalue weighted by Crippen LogP contribution is 2.56. The number of benzene rings is 2. The molecule has 0 amide bonds. The van der Waals surface area contributed by atoms with Crippen LogP contribution in [0.1, 0.15) is 65.7 Å². The lowest BCUT2D eigenvalue weighted by Crippen LogP contribution is -2.58. The fourth-order valence-corrected chi connectivity index (χ4v) is 5.94. The van der Waals surface area contributed by atoms with E-state index in [1.165, 1.54) is 49.7 Å². The minimum atomic E-state index is -4.74. The van der Waals surface area contributed by atoms with E-state index >= 15 is 4.39 Å². The summed E-state index contributed by atoms with van der Waals surface area (Å²) in [5.41, 5.74) is -2.10. The second kappa shape index (κ2) is 15.0. The van der Waals surface area contributed by atoms with Crippen molar-refractivity contribution in [2.75, 3.05) is 52.2 Å². The second-order valence-corrected chi connectivity index (χ2v) is 12.4. The lowest BCUT2D eigenvalue weighted by molar-refractivity contribution is -0.140. The number of carbonyl (C=O) groups excluding carboxylic acids is 1. The van der Waals surface area contributed by atoms with E-state index in [9.17, 15) is 26.7 Å². The Balaban J connectivity index is 0.00000185. The highest BCUT2D eigenvalue weighted by molar-refractivity contribution is 5.93. The second-order valence-electron chi connectivity index (χ2n) is 12.4. The number of aldehydes is 1. The van der Waals surface area contributed by atoms with Crippen molar-refractivity contribution in [1.82, 2.24) is 14.7 Å². The zero-order valence-electron chi connectivity index (χ0n) is 27.0. The Morgan fingerprint density at radius 3 is 2.20 bits per heavy atom. The van der Waals surface area contributed by atoms with Gasteiger partial charge in [0.15, 0.2) is 6.17 Å². The number of rotatable bonds is 10. The molecule has 2 aromatic carbocycles. The number of hydrogen-bond acceptors (Lipinski definition) is 6. The number of carbonyl (C=O) groups is 1. The molecule has 46 heavy (non-hydrogen) atoms. The van der Waals surface area contributed by atoms with Gasteiger partial charge in [0, 0.05) is 82.9 Å². The smallest absolute Gasteiger partial charge is 0.370 e. The minimum absolute atomic E-state index is 0.0935. The number of nitrogens with one attached hydrogen (secondary N) is 2. The molecule has 1 aliphatic heterocycles. The number of hydrogen-bond donors (Lipinski definition) is 2. The zero-order valence-corrected chi connectivity index (χ0v) is 27.0. The van der Waals surface area contributed by atoms with Crippen molar-refractivity contribution in [2.45, 2.75) is 69.9 Å². The summed E-state index contributed by atoms with van der Waals surface area (Å²) in [5, 5.41) is 15.4. The van der Waals surface area contributed by atoms with Crippen LogP contribution in [0.2, 0.25) is 0 Å². The van der Waals surface area contributed by atoms with Gasteiger partial charge in [-0.05, 0) is 48.0 Å². The Morgan fingerprint density at radius 1 is 1.07 bits per heavy atom. The van der Waals surface area contributed by atoms with Crippen molar-refractivity contribution < 1.29 is 31.1 Å². The molecule has 7 nitrogen and oxygen atoms in total. The predicted molar refractivity (Wildman–Crippen MR) is 169 cm³/mol. The molecule has 1 unspecified atom stereocenters. The first kappa shape index (κ1) is 37.0. The standard InChI is InChI=1S/C30H36F6N6O.C3H8/c1-39-7-9-42(10-8-39)14-20-11-21(16-43)24(25(12-20)30(34,35)36)15-40(2)23-6-4-5-22(13-23)28(17-29(32,33)18-28)26(31)27(38)41(3)19-37;1-3-2/h4-6,11-13,16,19,26,37-38H,7-10,14-15,17-18H2,1-3H3;3H2,1-2H3. The molecule has 1 saturated heterocycles. The Labute approximate surface area is 267 Å². The number of amidine groups is 1. The molecule has 1 aliphatic carbocycles. The van der Waals surface area contributed by atoms with Gasteiger partial charge < -0.3 is 14.7 Å². The highest BCUT2D eigenvalue weighted by atomic mass is 19.4. The first-order valence-electron chi connectivity index (χ1n) is 15.3. The average Bonchev–Trinajstić information content (AvgIpc) is 2.99. The maximum atomic E-state index is 15.7. The lowest BCUT2D eigenvalue weighted by Gasteiger charge is -2.50. The van der Waals surface area contributed by atoms with Gasteiger partial charge in [0.1, 0.15) is 12.1 Å². The predicted octanol–water partition coefficient (Wildman–Crippen LogP) is 6.84. The third-order valence-electron chi connectivity index (χ3n) is 8.48. The van der Waals surface area contributed by atoms with Crippen LogP contribution in [-0.2, 0) is 24.7 Å². The Morgan fingerprint density at radius 2 is 1.67 bits per heavy atom. The number of likely N-dealkylation sites (N-methyl/N-ethyl adjacent to an activating group) is 1. The van der Waals surface area contributed by atoms with E-state index < -0.39 is 47.9 Å². The molecule has 0 aromatic heterocycles. The summed E-state index contributed by atoms with van der Waals surface area (Å²) in [4.78, 5) is 18.6. The molecule has 1 heterocycles. The molecule has 0 bridgehead atoms. The van der Waals surface area contributed by atoms with Gasteiger partial charge in [-0.15, -0.1) is 0 Å². The van der Waals surface area contributed by atoms with Crippen LogP contribution in [0.3, 0.4) is 0 Å². The summed E-state index contributed by atoms with van der Waals surface area (Å²) >= 11 is 0. The SMILES string of the molecule is CCC.CN1CCN(Cc2cc(C=O)c(CN(C)c3cccc(C4(C(F)C(=N)N(C)C=N)CC(F)(F)C4)c3)c(C(F)(F)F)c2)CC1. The fraction of sp³-hybridized carbons (Fsp3) is 0.545. The van der Waals surface area contributed by atoms with Gasteiger partial charge in [0.25, 0.3) is 0 Å². The lowest BCUT2D eigenvalue weighted by atomic mass is 9.59. The van der Waals surface area contributed by atoms with Crippen LogP contribution in [-0.4, -0.2) is 92.6 Å². The van der Waals surface area contributed by atoms with Crippen molar-refractivity contribution in [3.63, 3.8) is 0 Å². The quantitative estimate of drug-likeness (QED) is 0.127. The minimum Gasteiger partial charge on any atom is -0.370 e. The average molecular weight is 655 g/mol. The van der Waals surface area contributed by atoms with Crippen LogP contribution >= 0.6 is 0 Å². The summed E-state index contributed by atoms with van der Waals surface area (Å²) in [6.07, 6.45) is -6.23. The van der Waals surface area contributed by atoms with Crippen molar-refractivity contribution in [3.8, 4) is 0 Å². The molecule has 2 aliphatic rings. The largest absolute Gasteiger partial charge is 0.416 e. The number of halogens is 6. The first-order valence-corrected chi connectivity index (χ1v) is 15.3. The van der Waals surface area contributed by atoms with E-state index in [1.54, 1.807) is 6.07 Å². The molecule has 2 fully saturated rings. The number of alkyl halides is 6. The highest BCUT2D eigenvalue weighted by Gasteiger charge is 2.62. The zero-order chi connectivity index (χ0) is 34.4. The molecule has 0 spiro atoms. The van der Waals surface area contributed by atoms with Gasteiger partial charge in [-0.2, -0.15) is 13.2 Å². The third kappa shape index (κ3) is 8.47. The van der Waals surface area contributed by atoms with E-state index in [0.29, 0.717) is 37.0 Å². The van der Waals surface area contributed by atoms with E-state index in [-0.39, 0.29) is 29.8 Å². The van der Waals surface area contributed by atoms with E-state index in [1.807, 2.05) is 11.9 Å². The molecule has 13 heteroatoms. The third-order valence-corrected chi connectivity index (χ3v) is 8.48. The van der Waals surface area contributed by atoms with Gasteiger partial charge >= 0.3 is 6.18 Å². The molecular weight excluding hydrogens is 610 g/mol. The molecule has 2 aromatic rings. The van der Waals surface area contributed by atoms with Gasteiger partial charge in [0.05, 0.1) is 11.9 Å². The maximum Gasteiger partial charge on any atom is 0.416 e. The van der Waals surface area contributed by atoms with E-state index in [4.69, 9.17) is 10.8 Å². The Kier molecular flexibility index (Phi) is 12.0. The van der Waals surface area contributed by atoms with Crippen LogP contribution in [0.5, 0.6) is 0 Å². The van der Waals surface area contributed by atoms with Crippen molar-refractivity contribution >= 4 is 24.1 Å². The number of anilines is 1. The molecule has 4 rings (SSSR count). The fourth-order valence-electron chi connectivity index (χ4n) is 5.94. The summed E-state index contributed by atoms with van der Waals surface area (Å²) in [6, 6.07) is 8.52. The van der Waals surface area contributed by atoms with Crippen molar-refractivity contribution in [1.29, 1.82) is 10.8 Å². The van der Waals surface area contributed by atoms with Crippen LogP contribution in [0.25, 0.3) is 0 Å². The molecule has 254 valence electrons. The van der Waals surface area contributed by atoms with Crippen LogP contribution in [0.15, 0.2) is 36.4 Å². The number of piperazine rings is 1. The summed E-state index contributed by atoms with van der Waals surface area (Å²) < 4.78 is 87.0. The summed E-state index contributed by atoms with van der Waals surface area (Å²) in [5.74, 6) is -3.80. The monoisotopic (exact) mass is 654 g/mol. The van der Waals surface area contributed by atoms with E-state index in [0.717, 1.165) is 24.1 Å². The Hall–Kier alpha value is -3.45. The molecule has 0 radical (unpaired) electrons. The van der Waals surface area contributed by atoms with E-state index in [2.05, 4.69) is 18.7 Å².